The summed E-state index contributed by atoms with van der Waals surface area (Å²) in [6.07, 6.45) is 0. The summed E-state index contributed by atoms with van der Waals surface area (Å²) in [7, 11) is 3.74. The third-order valence-electron chi connectivity index (χ3n) is 4.48. The number of methoxy groups -OCH3 is 1. The molecular weight excluding hydrogens is 354 g/mol. The van der Waals surface area contributed by atoms with Gasteiger partial charge in [-0.15, -0.1) is 0 Å². The second-order valence-corrected chi connectivity index (χ2v) is 6.88. The van der Waals surface area contributed by atoms with Gasteiger partial charge in [0.2, 0.25) is 11.7 Å². The van der Waals surface area contributed by atoms with Crippen LogP contribution < -0.4 is 9.47 Å². The van der Waals surface area contributed by atoms with Gasteiger partial charge in [-0.05, 0) is 56.6 Å². The van der Waals surface area contributed by atoms with Gasteiger partial charge in [-0.1, -0.05) is 29.4 Å². The van der Waals surface area contributed by atoms with Gasteiger partial charge in [0.15, 0.2) is 0 Å². The van der Waals surface area contributed by atoms with Crippen molar-refractivity contribution >= 4 is 0 Å². The van der Waals surface area contributed by atoms with Crippen molar-refractivity contribution in [3.05, 3.63) is 59.0 Å². The Morgan fingerprint density at radius 1 is 1.07 bits per heavy atom. The first kappa shape index (κ1) is 19.9. The predicted molar refractivity (Wildman–Crippen MR) is 109 cm³/mol. The van der Waals surface area contributed by atoms with Gasteiger partial charge < -0.3 is 14.0 Å². The maximum atomic E-state index is 5.66. The van der Waals surface area contributed by atoms with E-state index < -0.39 is 0 Å². The summed E-state index contributed by atoms with van der Waals surface area (Å²) in [5.74, 6) is 2.82. The minimum atomic E-state index is 0.545. The Kier molecular flexibility index (Phi) is 6.31. The van der Waals surface area contributed by atoms with E-state index in [1.807, 2.05) is 38.2 Å². The Balaban J connectivity index is 1.70. The van der Waals surface area contributed by atoms with Crippen LogP contribution in [0.2, 0.25) is 0 Å². The van der Waals surface area contributed by atoms with Crippen LogP contribution in [0.25, 0.3) is 11.4 Å². The van der Waals surface area contributed by atoms with Crippen molar-refractivity contribution in [2.75, 3.05) is 20.8 Å². The van der Waals surface area contributed by atoms with Gasteiger partial charge in [-0.25, -0.2) is 0 Å². The summed E-state index contributed by atoms with van der Waals surface area (Å²) in [4.78, 5) is 6.69. The molecule has 6 nitrogen and oxygen atoms in total. The van der Waals surface area contributed by atoms with E-state index in [2.05, 4.69) is 41.0 Å². The molecule has 6 heteroatoms. The molecule has 0 saturated carbocycles. The lowest BCUT2D eigenvalue weighted by molar-refractivity contribution is 0.260. The van der Waals surface area contributed by atoms with Crippen molar-refractivity contribution in [1.29, 1.82) is 0 Å². The van der Waals surface area contributed by atoms with Crippen LogP contribution in [0.15, 0.2) is 40.9 Å². The summed E-state index contributed by atoms with van der Waals surface area (Å²) in [5.41, 5.74) is 4.33. The molecule has 2 aromatic carbocycles. The number of hydrogen-bond donors (Lipinski definition) is 0. The summed E-state index contributed by atoms with van der Waals surface area (Å²) < 4.78 is 16.6. The number of para-hydroxylation sites is 1. The Morgan fingerprint density at radius 3 is 2.46 bits per heavy atom. The highest BCUT2D eigenvalue weighted by atomic mass is 16.5. The lowest BCUT2D eigenvalue weighted by Gasteiger charge is -2.17. The standard InChI is InChI=1S/C22H27N3O3/c1-6-27-19-10-8-7-9-18(19)22-23-20(28-24-22)14-25(4)13-17-11-15(2)21(26-5)16(3)12-17/h7-12H,6,13-14H2,1-5H3. The minimum Gasteiger partial charge on any atom is -0.496 e. The van der Waals surface area contributed by atoms with Gasteiger partial charge in [0.25, 0.3) is 0 Å². The van der Waals surface area contributed by atoms with Crippen molar-refractivity contribution in [2.24, 2.45) is 0 Å². The molecule has 0 saturated heterocycles. The SMILES string of the molecule is CCOc1ccccc1-c1noc(CN(C)Cc2cc(C)c(OC)c(C)c2)n1. The first-order valence-corrected chi connectivity index (χ1v) is 9.39. The molecule has 1 heterocycles. The molecule has 0 aliphatic carbocycles. The number of aromatic nitrogens is 2. The van der Waals surface area contributed by atoms with Crippen LogP contribution >= 0.6 is 0 Å². The van der Waals surface area contributed by atoms with Crippen LogP contribution in [0.1, 0.15) is 29.5 Å². The highest BCUT2D eigenvalue weighted by Crippen LogP contribution is 2.28. The Morgan fingerprint density at radius 2 is 1.79 bits per heavy atom. The first-order chi connectivity index (χ1) is 13.5. The molecule has 1 aromatic heterocycles. The van der Waals surface area contributed by atoms with Gasteiger partial charge >= 0.3 is 0 Å². The summed E-state index contributed by atoms with van der Waals surface area (Å²) in [6.45, 7) is 8.01. The van der Waals surface area contributed by atoms with E-state index in [1.165, 1.54) is 5.56 Å². The molecule has 0 N–H and O–H groups in total. The molecule has 0 fully saturated rings. The highest BCUT2D eigenvalue weighted by molar-refractivity contribution is 5.63. The normalized spacial score (nSPS) is 11.1. The second-order valence-electron chi connectivity index (χ2n) is 6.88. The molecule has 148 valence electrons. The monoisotopic (exact) mass is 381 g/mol. The quantitative estimate of drug-likeness (QED) is 0.577. The summed E-state index contributed by atoms with van der Waals surface area (Å²) in [6, 6.07) is 12.0. The maximum absolute atomic E-state index is 5.66. The van der Waals surface area contributed by atoms with Crippen LogP contribution in [0.4, 0.5) is 0 Å². The third-order valence-corrected chi connectivity index (χ3v) is 4.48. The number of aryl methyl sites for hydroxylation is 2. The fraction of sp³-hybridized carbons (Fsp3) is 0.364. The number of nitrogens with zero attached hydrogens (tertiary/aromatic N) is 3. The van der Waals surface area contributed by atoms with E-state index >= 15 is 0 Å². The molecular formula is C22H27N3O3. The van der Waals surface area contributed by atoms with E-state index in [1.54, 1.807) is 7.11 Å². The average molecular weight is 381 g/mol. The lowest BCUT2D eigenvalue weighted by Crippen LogP contribution is -2.17. The summed E-state index contributed by atoms with van der Waals surface area (Å²) in [5, 5.41) is 4.13. The van der Waals surface area contributed by atoms with Crippen molar-refractivity contribution in [3.63, 3.8) is 0 Å². The van der Waals surface area contributed by atoms with Crippen molar-refractivity contribution < 1.29 is 14.0 Å². The minimum absolute atomic E-state index is 0.545. The molecule has 0 unspecified atom stereocenters. The zero-order chi connectivity index (χ0) is 20.1. The zero-order valence-corrected chi connectivity index (χ0v) is 17.2. The predicted octanol–water partition coefficient (Wildman–Crippen LogP) is 4.39. The maximum Gasteiger partial charge on any atom is 0.241 e. The van der Waals surface area contributed by atoms with E-state index in [9.17, 15) is 0 Å². The summed E-state index contributed by atoms with van der Waals surface area (Å²) >= 11 is 0. The second kappa shape index (κ2) is 8.89. The van der Waals surface area contributed by atoms with Gasteiger partial charge in [-0.2, -0.15) is 4.98 Å². The van der Waals surface area contributed by atoms with Crippen molar-refractivity contribution in [2.45, 2.75) is 33.9 Å². The van der Waals surface area contributed by atoms with Crippen LogP contribution in [-0.4, -0.2) is 35.8 Å². The van der Waals surface area contributed by atoms with Crippen molar-refractivity contribution in [3.8, 4) is 22.9 Å². The molecule has 0 aliphatic rings. The Labute approximate surface area is 166 Å². The highest BCUT2D eigenvalue weighted by Gasteiger charge is 2.15. The van der Waals surface area contributed by atoms with E-state index in [4.69, 9.17) is 14.0 Å². The van der Waals surface area contributed by atoms with E-state index in [-0.39, 0.29) is 0 Å². The molecule has 3 rings (SSSR count). The van der Waals surface area contributed by atoms with Gasteiger partial charge in [0, 0.05) is 6.54 Å². The molecule has 28 heavy (non-hydrogen) atoms. The molecule has 0 bridgehead atoms. The molecule has 0 aliphatic heterocycles. The number of ether oxygens (including phenoxy) is 2. The number of rotatable bonds is 8. The molecule has 0 atom stereocenters. The first-order valence-electron chi connectivity index (χ1n) is 9.39. The van der Waals surface area contributed by atoms with Crippen LogP contribution in [-0.2, 0) is 13.1 Å². The van der Waals surface area contributed by atoms with Gasteiger partial charge in [0.1, 0.15) is 11.5 Å². The topological polar surface area (TPSA) is 60.6 Å². The molecule has 3 aromatic rings. The fourth-order valence-electron chi connectivity index (χ4n) is 3.41. The van der Waals surface area contributed by atoms with Crippen LogP contribution in [0, 0.1) is 13.8 Å². The average Bonchev–Trinajstić information content (AvgIpc) is 3.10. The zero-order valence-electron chi connectivity index (χ0n) is 17.2. The van der Waals surface area contributed by atoms with Crippen LogP contribution in [0.5, 0.6) is 11.5 Å². The van der Waals surface area contributed by atoms with Gasteiger partial charge in [-0.3, -0.25) is 4.90 Å². The van der Waals surface area contributed by atoms with E-state index in [0.29, 0.717) is 24.9 Å². The van der Waals surface area contributed by atoms with Crippen molar-refractivity contribution in [1.82, 2.24) is 15.0 Å². The third kappa shape index (κ3) is 4.51. The van der Waals surface area contributed by atoms with Crippen LogP contribution in [0.3, 0.4) is 0 Å². The van der Waals surface area contributed by atoms with Gasteiger partial charge in [0.05, 0.1) is 25.8 Å². The Bertz CT molecular complexity index is 913. The number of benzene rings is 2. The smallest absolute Gasteiger partial charge is 0.241 e. The number of hydrogen-bond acceptors (Lipinski definition) is 6. The Hall–Kier alpha value is -2.86. The largest absolute Gasteiger partial charge is 0.496 e. The molecule has 0 amide bonds. The molecule has 0 spiro atoms. The van der Waals surface area contributed by atoms with E-state index in [0.717, 1.165) is 34.7 Å². The fourth-order valence-corrected chi connectivity index (χ4v) is 3.41. The molecule has 0 radical (unpaired) electrons. The lowest BCUT2D eigenvalue weighted by atomic mass is 10.1.